The van der Waals surface area contributed by atoms with Crippen LogP contribution in [-0.2, 0) is 11.3 Å². The lowest BCUT2D eigenvalue weighted by atomic mass is 10.1. The molecule has 2 aliphatic rings. The van der Waals surface area contributed by atoms with Gasteiger partial charge in [-0.2, -0.15) is 0 Å². The summed E-state index contributed by atoms with van der Waals surface area (Å²) in [4.78, 5) is 19.5. The van der Waals surface area contributed by atoms with Gasteiger partial charge in [0.05, 0.1) is 17.6 Å². The zero-order valence-electron chi connectivity index (χ0n) is 17.6. The third-order valence-corrected chi connectivity index (χ3v) is 6.32. The molecule has 0 N–H and O–H groups in total. The summed E-state index contributed by atoms with van der Waals surface area (Å²) in [6.07, 6.45) is 4.92. The Morgan fingerprint density at radius 1 is 1.07 bits per heavy atom. The van der Waals surface area contributed by atoms with Crippen molar-refractivity contribution in [3.63, 3.8) is 0 Å². The fourth-order valence-electron chi connectivity index (χ4n) is 4.56. The molecule has 1 aromatic heterocycles. The molecule has 2 heterocycles. The summed E-state index contributed by atoms with van der Waals surface area (Å²) in [6.45, 7) is 4.52. The van der Waals surface area contributed by atoms with E-state index in [-0.39, 0.29) is 5.92 Å². The molecule has 1 aliphatic heterocycles. The molecule has 2 fully saturated rings. The van der Waals surface area contributed by atoms with Gasteiger partial charge < -0.3 is 14.2 Å². The monoisotopic (exact) mass is 403 g/mol. The number of nitrogens with zero attached hydrogens (tertiary/aromatic N) is 3. The number of para-hydroxylation sites is 3. The Morgan fingerprint density at radius 3 is 2.70 bits per heavy atom. The second kappa shape index (κ2) is 8.13. The fourth-order valence-corrected chi connectivity index (χ4v) is 4.56. The maximum Gasteiger partial charge on any atom is 0.223 e. The lowest BCUT2D eigenvalue weighted by molar-refractivity contribution is -0.128. The smallest absolute Gasteiger partial charge is 0.223 e. The average molecular weight is 404 g/mol. The summed E-state index contributed by atoms with van der Waals surface area (Å²) >= 11 is 0. The van der Waals surface area contributed by atoms with Gasteiger partial charge in [0.15, 0.2) is 0 Å². The number of unbranched alkanes of at least 4 members (excludes halogenated alkanes) is 1. The summed E-state index contributed by atoms with van der Waals surface area (Å²) in [5.74, 6) is 2.55. The van der Waals surface area contributed by atoms with Gasteiger partial charge in [0, 0.05) is 31.5 Å². The van der Waals surface area contributed by atoms with Crippen molar-refractivity contribution in [3.8, 4) is 5.75 Å². The van der Waals surface area contributed by atoms with Crippen LogP contribution in [0.2, 0.25) is 0 Å². The summed E-state index contributed by atoms with van der Waals surface area (Å²) in [7, 11) is 0. The van der Waals surface area contributed by atoms with Gasteiger partial charge in [-0.1, -0.05) is 30.3 Å². The second-order valence-corrected chi connectivity index (χ2v) is 8.61. The molecule has 2 aromatic carbocycles. The molecule has 0 radical (unpaired) electrons. The van der Waals surface area contributed by atoms with Crippen LogP contribution in [-0.4, -0.2) is 39.6 Å². The molecule has 1 atom stereocenters. The first-order chi connectivity index (χ1) is 14.7. The molecular weight excluding hydrogens is 374 g/mol. The summed E-state index contributed by atoms with van der Waals surface area (Å²) < 4.78 is 8.30. The number of imidazole rings is 1. The molecule has 0 bridgehead atoms. The Morgan fingerprint density at radius 2 is 1.87 bits per heavy atom. The van der Waals surface area contributed by atoms with Crippen molar-refractivity contribution in [1.29, 1.82) is 0 Å². The van der Waals surface area contributed by atoms with Gasteiger partial charge in [0.1, 0.15) is 11.6 Å². The van der Waals surface area contributed by atoms with Crippen LogP contribution in [0.3, 0.4) is 0 Å². The van der Waals surface area contributed by atoms with Gasteiger partial charge in [-0.15, -0.1) is 0 Å². The van der Waals surface area contributed by atoms with Crippen LogP contribution in [0.5, 0.6) is 5.75 Å². The van der Waals surface area contributed by atoms with Crippen LogP contribution in [0.1, 0.15) is 49.4 Å². The number of aromatic nitrogens is 2. The molecule has 5 rings (SSSR count). The number of amides is 1. The molecule has 1 aliphatic carbocycles. The van der Waals surface area contributed by atoms with E-state index in [0.717, 1.165) is 55.9 Å². The predicted octanol–water partition coefficient (Wildman–Crippen LogP) is 4.68. The number of aryl methyl sites for hydroxylation is 2. The largest absolute Gasteiger partial charge is 0.493 e. The van der Waals surface area contributed by atoms with Gasteiger partial charge in [0.2, 0.25) is 5.91 Å². The van der Waals surface area contributed by atoms with Crippen LogP contribution in [0.4, 0.5) is 0 Å². The third-order valence-electron chi connectivity index (χ3n) is 6.32. The van der Waals surface area contributed by atoms with E-state index >= 15 is 0 Å². The Bertz CT molecular complexity index is 1050. The van der Waals surface area contributed by atoms with Crippen molar-refractivity contribution in [3.05, 3.63) is 59.9 Å². The first-order valence-electron chi connectivity index (χ1n) is 11.1. The molecule has 5 nitrogen and oxygen atoms in total. The van der Waals surface area contributed by atoms with Gasteiger partial charge in [-0.3, -0.25) is 4.79 Å². The van der Waals surface area contributed by atoms with Crippen LogP contribution < -0.4 is 4.74 Å². The Balaban J connectivity index is 1.27. The Labute approximate surface area is 177 Å². The Kier molecular flexibility index (Phi) is 5.19. The zero-order valence-corrected chi connectivity index (χ0v) is 17.6. The van der Waals surface area contributed by atoms with Gasteiger partial charge in [-0.05, 0) is 56.4 Å². The molecule has 1 unspecified atom stereocenters. The van der Waals surface area contributed by atoms with E-state index < -0.39 is 0 Å². The molecule has 1 amide bonds. The van der Waals surface area contributed by atoms with Crippen molar-refractivity contribution < 1.29 is 9.53 Å². The van der Waals surface area contributed by atoms with Crippen molar-refractivity contribution in [2.24, 2.45) is 0 Å². The number of likely N-dealkylation sites (tertiary alicyclic amines) is 1. The lowest BCUT2D eigenvalue weighted by Gasteiger charge is -2.16. The fraction of sp³-hybridized carbons (Fsp3) is 0.440. The minimum atomic E-state index is 0.203. The van der Waals surface area contributed by atoms with E-state index in [2.05, 4.69) is 40.7 Å². The number of ether oxygens (including phenoxy) is 1. The number of benzene rings is 2. The van der Waals surface area contributed by atoms with E-state index in [9.17, 15) is 4.79 Å². The number of hydrogen-bond donors (Lipinski definition) is 0. The van der Waals surface area contributed by atoms with E-state index in [4.69, 9.17) is 9.72 Å². The highest BCUT2D eigenvalue weighted by Crippen LogP contribution is 2.37. The van der Waals surface area contributed by atoms with Crippen molar-refractivity contribution in [2.75, 3.05) is 13.2 Å². The average Bonchev–Trinajstić information content (AvgIpc) is 3.43. The molecule has 0 spiro atoms. The zero-order chi connectivity index (χ0) is 20.5. The topological polar surface area (TPSA) is 47.4 Å². The molecule has 3 aromatic rings. The maximum atomic E-state index is 12.5. The standard InChI is InChI=1S/C25H29N3O2/c1-18-8-2-5-11-23(18)30-15-7-6-14-27-22-10-4-3-9-21(22)26-25(27)19-16-24(29)28(17-19)20-12-13-20/h2-5,8-11,19-20H,6-7,12-17H2,1H3. The first-order valence-corrected chi connectivity index (χ1v) is 11.1. The third kappa shape index (κ3) is 3.81. The van der Waals surface area contributed by atoms with Gasteiger partial charge in [0.25, 0.3) is 0 Å². The maximum absolute atomic E-state index is 12.5. The SMILES string of the molecule is Cc1ccccc1OCCCCn1c(C2CC(=O)N(C3CC3)C2)nc2ccccc21. The van der Waals surface area contributed by atoms with Gasteiger partial charge >= 0.3 is 0 Å². The van der Waals surface area contributed by atoms with Gasteiger partial charge in [-0.25, -0.2) is 4.98 Å². The number of hydrogen-bond acceptors (Lipinski definition) is 3. The number of carbonyl (C=O) groups is 1. The number of carbonyl (C=O) groups excluding carboxylic acids is 1. The van der Waals surface area contributed by atoms with E-state index in [1.807, 2.05) is 24.3 Å². The summed E-state index contributed by atoms with van der Waals surface area (Å²) in [5.41, 5.74) is 3.37. The van der Waals surface area contributed by atoms with Crippen LogP contribution in [0.15, 0.2) is 48.5 Å². The van der Waals surface area contributed by atoms with E-state index in [0.29, 0.717) is 25.0 Å². The highest BCUT2D eigenvalue weighted by atomic mass is 16.5. The molecule has 156 valence electrons. The molecule has 5 heteroatoms. The minimum absolute atomic E-state index is 0.203. The molecule has 30 heavy (non-hydrogen) atoms. The lowest BCUT2D eigenvalue weighted by Crippen LogP contribution is -2.27. The number of fused-ring (bicyclic) bond motifs is 1. The van der Waals surface area contributed by atoms with Crippen molar-refractivity contribution >= 4 is 16.9 Å². The second-order valence-electron chi connectivity index (χ2n) is 8.61. The normalized spacial score (nSPS) is 19.0. The molecule has 1 saturated carbocycles. The highest BCUT2D eigenvalue weighted by Gasteiger charge is 2.41. The van der Waals surface area contributed by atoms with Crippen molar-refractivity contribution in [2.45, 2.75) is 57.5 Å². The number of rotatable bonds is 8. The van der Waals surface area contributed by atoms with Crippen LogP contribution in [0, 0.1) is 6.92 Å². The van der Waals surface area contributed by atoms with Crippen molar-refractivity contribution in [1.82, 2.24) is 14.5 Å². The highest BCUT2D eigenvalue weighted by molar-refractivity contribution is 5.81. The van der Waals surface area contributed by atoms with E-state index in [1.54, 1.807) is 0 Å². The minimum Gasteiger partial charge on any atom is -0.493 e. The summed E-state index contributed by atoms with van der Waals surface area (Å²) in [5, 5.41) is 0. The van der Waals surface area contributed by atoms with Crippen LogP contribution in [0.25, 0.3) is 11.0 Å². The quantitative estimate of drug-likeness (QED) is 0.513. The van der Waals surface area contributed by atoms with Crippen LogP contribution >= 0.6 is 0 Å². The molecular formula is C25H29N3O2. The predicted molar refractivity (Wildman–Crippen MR) is 118 cm³/mol. The summed E-state index contributed by atoms with van der Waals surface area (Å²) in [6, 6.07) is 17.0. The molecule has 1 saturated heterocycles. The first kappa shape index (κ1) is 19.2. The van der Waals surface area contributed by atoms with E-state index in [1.165, 1.54) is 11.1 Å². The Hall–Kier alpha value is -2.82.